The topological polar surface area (TPSA) is 53.3 Å². The predicted molar refractivity (Wildman–Crippen MR) is 82.7 cm³/mol. The molecule has 0 aromatic carbocycles. The van der Waals surface area contributed by atoms with Crippen LogP contribution in [0.4, 0.5) is 4.79 Å². The number of hydrogen-bond donors (Lipinski definition) is 0. The fourth-order valence-electron chi connectivity index (χ4n) is 2.11. The quantitative estimate of drug-likeness (QED) is 0.794. The van der Waals surface area contributed by atoms with Gasteiger partial charge < -0.3 is 9.64 Å². The summed E-state index contributed by atoms with van der Waals surface area (Å²) in [6.45, 7) is 9.25. The number of ether oxygens (including phenoxy) is 1. The van der Waals surface area contributed by atoms with Crippen LogP contribution in [0.2, 0.25) is 0 Å². The van der Waals surface area contributed by atoms with Gasteiger partial charge in [0, 0.05) is 13.1 Å². The lowest BCUT2D eigenvalue weighted by Gasteiger charge is -2.33. The normalized spacial score (nSPS) is 18.4. The van der Waals surface area contributed by atoms with Crippen molar-refractivity contribution >= 4 is 17.9 Å². The van der Waals surface area contributed by atoms with E-state index in [1.807, 2.05) is 27.7 Å². The summed E-state index contributed by atoms with van der Waals surface area (Å²) in [6, 6.07) is 2.32. The molecular weight excluding hydrogens is 272 g/mol. The molecule has 1 rings (SSSR count). The van der Waals surface area contributed by atoms with E-state index in [0.717, 1.165) is 38.1 Å². The molecule has 1 unspecified atom stereocenters. The second-order valence-electron chi connectivity index (χ2n) is 6.27. The summed E-state index contributed by atoms with van der Waals surface area (Å²) >= 11 is 1.75. The third kappa shape index (κ3) is 6.04. The Morgan fingerprint density at radius 1 is 1.45 bits per heavy atom. The predicted octanol–water partition coefficient (Wildman–Crippen LogP) is 3.67. The lowest BCUT2D eigenvalue weighted by Crippen LogP contribution is -2.42. The Morgan fingerprint density at radius 2 is 2.05 bits per heavy atom. The summed E-state index contributed by atoms with van der Waals surface area (Å²) in [5.41, 5.74) is -0.426. The highest BCUT2D eigenvalue weighted by atomic mass is 32.2. The molecule has 0 spiro atoms. The molecule has 114 valence electrons. The van der Waals surface area contributed by atoms with Crippen molar-refractivity contribution in [1.29, 1.82) is 5.26 Å². The molecule has 0 radical (unpaired) electrons. The maximum absolute atomic E-state index is 11.9. The SMILES string of the molecule is CCC(C#N)SCC1CCN(C(=O)OC(C)(C)C)CC1. The number of thioether (sulfide) groups is 1. The van der Waals surface area contributed by atoms with Gasteiger partial charge in [0.1, 0.15) is 5.60 Å². The van der Waals surface area contributed by atoms with Crippen LogP contribution in [-0.2, 0) is 4.74 Å². The van der Waals surface area contributed by atoms with Gasteiger partial charge in [0.2, 0.25) is 0 Å². The number of rotatable bonds is 4. The van der Waals surface area contributed by atoms with E-state index < -0.39 is 5.60 Å². The molecule has 0 saturated carbocycles. The van der Waals surface area contributed by atoms with Gasteiger partial charge in [-0.2, -0.15) is 5.26 Å². The van der Waals surface area contributed by atoms with E-state index in [0.29, 0.717) is 5.92 Å². The van der Waals surface area contributed by atoms with Crippen LogP contribution in [0, 0.1) is 17.2 Å². The number of amides is 1. The maximum Gasteiger partial charge on any atom is 0.410 e. The molecule has 1 saturated heterocycles. The van der Waals surface area contributed by atoms with Gasteiger partial charge in [-0.05, 0) is 51.7 Å². The molecule has 4 nitrogen and oxygen atoms in total. The van der Waals surface area contributed by atoms with E-state index in [2.05, 4.69) is 6.07 Å². The number of nitriles is 1. The minimum atomic E-state index is -0.426. The van der Waals surface area contributed by atoms with Crippen molar-refractivity contribution in [2.75, 3.05) is 18.8 Å². The minimum Gasteiger partial charge on any atom is -0.444 e. The highest BCUT2D eigenvalue weighted by Gasteiger charge is 2.27. The first-order chi connectivity index (χ1) is 9.35. The van der Waals surface area contributed by atoms with Crippen LogP contribution in [0.25, 0.3) is 0 Å². The first-order valence-electron chi connectivity index (χ1n) is 7.35. The molecule has 1 fully saturated rings. The van der Waals surface area contributed by atoms with Gasteiger partial charge in [0.15, 0.2) is 0 Å². The van der Waals surface area contributed by atoms with Crippen LogP contribution in [0.15, 0.2) is 0 Å². The van der Waals surface area contributed by atoms with E-state index in [4.69, 9.17) is 10.00 Å². The summed E-state index contributed by atoms with van der Waals surface area (Å²) in [5.74, 6) is 1.63. The molecule has 0 aliphatic carbocycles. The number of carbonyl (C=O) groups is 1. The average Bonchev–Trinajstić information content (AvgIpc) is 2.38. The van der Waals surface area contributed by atoms with Crippen LogP contribution in [-0.4, -0.2) is 40.7 Å². The summed E-state index contributed by atoms with van der Waals surface area (Å²) < 4.78 is 5.38. The van der Waals surface area contributed by atoms with Gasteiger partial charge in [0.05, 0.1) is 11.3 Å². The molecular formula is C15H26N2O2S. The first kappa shape index (κ1) is 17.2. The first-order valence-corrected chi connectivity index (χ1v) is 8.39. The second kappa shape index (κ2) is 7.78. The Bertz CT molecular complexity index is 352. The Kier molecular flexibility index (Phi) is 6.67. The van der Waals surface area contributed by atoms with E-state index in [-0.39, 0.29) is 11.3 Å². The number of likely N-dealkylation sites (tertiary alicyclic amines) is 1. The third-order valence-corrected chi connectivity index (χ3v) is 4.82. The zero-order valence-corrected chi connectivity index (χ0v) is 13.8. The Morgan fingerprint density at radius 3 is 2.50 bits per heavy atom. The molecule has 1 aliphatic heterocycles. The van der Waals surface area contributed by atoms with E-state index in [1.54, 1.807) is 16.7 Å². The van der Waals surface area contributed by atoms with Crippen molar-refractivity contribution in [1.82, 2.24) is 4.90 Å². The molecule has 0 aromatic heterocycles. The Balaban J connectivity index is 2.30. The van der Waals surface area contributed by atoms with Crippen LogP contribution >= 0.6 is 11.8 Å². The second-order valence-corrected chi connectivity index (χ2v) is 7.51. The summed E-state index contributed by atoms with van der Waals surface area (Å²) in [5, 5.41) is 9.05. The van der Waals surface area contributed by atoms with Crippen molar-refractivity contribution in [3.05, 3.63) is 0 Å². The molecule has 1 aliphatic rings. The largest absolute Gasteiger partial charge is 0.444 e. The lowest BCUT2D eigenvalue weighted by atomic mass is 9.99. The monoisotopic (exact) mass is 298 g/mol. The number of nitrogens with zero attached hydrogens (tertiary/aromatic N) is 2. The van der Waals surface area contributed by atoms with E-state index in [9.17, 15) is 4.79 Å². The van der Waals surface area contributed by atoms with E-state index >= 15 is 0 Å². The zero-order chi connectivity index (χ0) is 15.2. The Labute approximate surface area is 126 Å². The van der Waals surface area contributed by atoms with Crippen molar-refractivity contribution in [3.8, 4) is 6.07 Å². The molecule has 20 heavy (non-hydrogen) atoms. The zero-order valence-electron chi connectivity index (χ0n) is 13.0. The summed E-state index contributed by atoms with van der Waals surface area (Å²) in [7, 11) is 0. The van der Waals surface area contributed by atoms with Gasteiger partial charge in [-0.1, -0.05) is 6.92 Å². The fourth-order valence-corrected chi connectivity index (χ4v) is 3.26. The standard InChI is InChI=1S/C15H26N2O2S/c1-5-13(10-16)20-11-12-6-8-17(9-7-12)14(18)19-15(2,3)4/h12-13H,5-9,11H2,1-4H3. The molecule has 0 bridgehead atoms. The van der Waals surface area contributed by atoms with Gasteiger partial charge in [0.25, 0.3) is 0 Å². The van der Waals surface area contributed by atoms with Crippen molar-refractivity contribution < 1.29 is 9.53 Å². The van der Waals surface area contributed by atoms with Crippen molar-refractivity contribution in [2.24, 2.45) is 5.92 Å². The minimum absolute atomic E-state index is 0.110. The fraction of sp³-hybridized carbons (Fsp3) is 0.867. The molecule has 1 heterocycles. The van der Waals surface area contributed by atoms with Gasteiger partial charge in [-0.25, -0.2) is 4.79 Å². The van der Waals surface area contributed by atoms with Crippen molar-refractivity contribution in [3.63, 3.8) is 0 Å². The lowest BCUT2D eigenvalue weighted by molar-refractivity contribution is 0.0191. The van der Waals surface area contributed by atoms with Gasteiger partial charge in [-0.15, -0.1) is 11.8 Å². The maximum atomic E-state index is 11.9. The smallest absolute Gasteiger partial charge is 0.410 e. The molecule has 5 heteroatoms. The van der Waals surface area contributed by atoms with Gasteiger partial charge in [-0.3, -0.25) is 0 Å². The highest BCUT2D eigenvalue weighted by molar-refractivity contribution is 8.00. The Hall–Kier alpha value is -0.890. The molecule has 0 aromatic rings. The molecule has 1 amide bonds. The van der Waals surface area contributed by atoms with E-state index in [1.165, 1.54) is 0 Å². The van der Waals surface area contributed by atoms with Crippen LogP contribution < -0.4 is 0 Å². The number of piperidine rings is 1. The average molecular weight is 298 g/mol. The molecule has 1 atom stereocenters. The van der Waals surface area contributed by atoms with Crippen LogP contribution in [0.5, 0.6) is 0 Å². The number of hydrogen-bond acceptors (Lipinski definition) is 4. The number of carbonyl (C=O) groups excluding carboxylic acids is 1. The third-order valence-electron chi connectivity index (χ3n) is 3.31. The van der Waals surface area contributed by atoms with Crippen LogP contribution in [0.3, 0.4) is 0 Å². The summed E-state index contributed by atoms with van der Waals surface area (Å²) in [4.78, 5) is 13.7. The van der Waals surface area contributed by atoms with Gasteiger partial charge >= 0.3 is 6.09 Å². The van der Waals surface area contributed by atoms with Crippen molar-refractivity contribution in [2.45, 2.75) is 57.8 Å². The van der Waals surface area contributed by atoms with Crippen LogP contribution in [0.1, 0.15) is 47.0 Å². The summed E-state index contributed by atoms with van der Waals surface area (Å²) in [6.07, 6.45) is 2.72. The molecule has 0 N–H and O–H groups in total. The highest BCUT2D eigenvalue weighted by Crippen LogP contribution is 2.25.